The van der Waals surface area contributed by atoms with Crippen LogP contribution in [0.4, 0.5) is 0 Å². The molecule has 0 radical (unpaired) electrons. The van der Waals surface area contributed by atoms with E-state index in [1.165, 1.54) is 0 Å². The predicted octanol–water partition coefficient (Wildman–Crippen LogP) is 3.50. The van der Waals surface area contributed by atoms with Gasteiger partial charge in [-0.3, -0.25) is 9.69 Å². The number of carbonyl (C=O) groups excluding carboxylic acids is 1. The van der Waals surface area contributed by atoms with E-state index < -0.39 is 0 Å². The first-order chi connectivity index (χ1) is 13.7. The van der Waals surface area contributed by atoms with Crippen LogP contribution in [-0.4, -0.2) is 35.2 Å². The second kappa shape index (κ2) is 8.54. The van der Waals surface area contributed by atoms with Gasteiger partial charge >= 0.3 is 0 Å². The number of para-hydroxylation sites is 1. The van der Waals surface area contributed by atoms with Crippen molar-refractivity contribution in [3.63, 3.8) is 0 Å². The number of nitrogens with zero attached hydrogens (tertiary/aromatic N) is 1. The van der Waals surface area contributed by atoms with E-state index in [0.29, 0.717) is 24.0 Å². The van der Waals surface area contributed by atoms with Crippen molar-refractivity contribution >= 4 is 29.3 Å². The van der Waals surface area contributed by atoms with Crippen molar-refractivity contribution in [2.45, 2.75) is 25.6 Å². The lowest BCUT2D eigenvalue weighted by molar-refractivity contribution is -0.123. The maximum absolute atomic E-state index is 12.8. The minimum Gasteiger partial charge on any atom is -0.488 e. The maximum atomic E-state index is 12.8. The Labute approximate surface area is 169 Å². The monoisotopic (exact) mass is 394 g/mol. The third-order valence-electron chi connectivity index (χ3n) is 4.83. The van der Waals surface area contributed by atoms with Crippen molar-refractivity contribution in [2.75, 3.05) is 13.2 Å². The van der Waals surface area contributed by atoms with E-state index in [2.05, 4.69) is 5.32 Å². The molecular formula is C22H22N2O3S. The van der Waals surface area contributed by atoms with Crippen LogP contribution < -0.4 is 10.1 Å². The van der Waals surface area contributed by atoms with Gasteiger partial charge in [-0.2, -0.15) is 0 Å². The first-order valence-corrected chi connectivity index (χ1v) is 9.83. The Morgan fingerprint density at radius 2 is 1.96 bits per heavy atom. The third-order valence-corrected chi connectivity index (χ3v) is 5.15. The fourth-order valence-corrected chi connectivity index (χ4v) is 3.62. The highest BCUT2D eigenvalue weighted by Gasteiger charge is 2.33. The Hall–Kier alpha value is -2.70. The quantitative estimate of drug-likeness (QED) is 0.600. The lowest BCUT2D eigenvalue weighted by Crippen LogP contribution is -2.37. The molecule has 28 heavy (non-hydrogen) atoms. The molecule has 2 fully saturated rings. The van der Waals surface area contributed by atoms with Gasteiger partial charge in [0, 0.05) is 12.2 Å². The number of hydrogen-bond donors (Lipinski definition) is 1. The summed E-state index contributed by atoms with van der Waals surface area (Å²) in [5, 5.41) is 3.46. The highest BCUT2D eigenvalue weighted by Crippen LogP contribution is 2.24. The molecule has 6 heteroatoms. The molecule has 0 aliphatic carbocycles. The van der Waals surface area contributed by atoms with Crippen molar-refractivity contribution in [1.82, 2.24) is 10.2 Å². The van der Waals surface area contributed by atoms with E-state index in [1.54, 1.807) is 11.0 Å². The summed E-state index contributed by atoms with van der Waals surface area (Å²) in [4.78, 5) is 14.4. The Bertz CT molecular complexity index is 892. The van der Waals surface area contributed by atoms with Crippen LogP contribution in [0.1, 0.15) is 24.0 Å². The number of rotatable bonds is 6. The van der Waals surface area contributed by atoms with Gasteiger partial charge in [0.2, 0.25) is 0 Å². The molecule has 2 aliphatic rings. The Balaban J connectivity index is 1.49. The van der Waals surface area contributed by atoms with Gasteiger partial charge in [0.05, 0.1) is 12.6 Å². The first-order valence-electron chi connectivity index (χ1n) is 9.42. The zero-order valence-electron chi connectivity index (χ0n) is 15.5. The third kappa shape index (κ3) is 4.24. The summed E-state index contributed by atoms with van der Waals surface area (Å²) < 4.78 is 11.6. The van der Waals surface area contributed by atoms with Crippen LogP contribution in [0.25, 0.3) is 6.08 Å². The van der Waals surface area contributed by atoms with E-state index in [-0.39, 0.29) is 12.0 Å². The standard InChI is InChI=1S/C22H22N2O3S/c25-21-19(23-22(28)24(21)14-18-10-6-12-26-18)13-17-9-4-5-11-20(17)27-15-16-7-2-1-3-8-16/h1-5,7-9,11,13,18H,6,10,12,14-15H2,(H,23,28)/b19-13-. The fourth-order valence-electron chi connectivity index (χ4n) is 3.35. The van der Waals surface area contributed by atoms with Gasteiger partial charge in [-0.25, -0.2) is 0 Å². The van der Waals surface area contributed by atoms with Crippen LogP contribution in [0.2, 0.25) is 0 Å². The van der Waals surface area contributed by atoms with Gasteiger partial charge in [0.15, 0.2) is 5.11 Å². The number of nitrogens with one attached hydrogen (secondary N) is 1. The molecule has 0 spiro atoms. The SMILES string of the molecule is O=C1/C(=C/c2ccccc2OCc2ccccc2)NC(=S)N1CC1CCCO1. The summed E-state index contributed by atoms with van der Waals surface area (Å²) in [5.74, 6) is 0.593. The normalized spacial score (nSPS) is 20.6. The van der Waals surface area contributed by atoms with Crippen LogP contribution in [0, 0.1) is 0 Å². The minimum absolute atomic E-state index is 0.0598. The van der Waals surface area contributed by atoms with Gasteiger partial charge in [0.25, 0.3) is 5.91 Å². The van der Waals surface area contributed by atoms with Crippen LogP contribution in [0.3, 0.4) is 0 Å². The van der Waals surface area contributed by atoms with Gasteiger partial charge in [-0.15, -0.1) is 0 Å². The summed E-state index contributed by atoms with van der Waals surface area (Å²) in [7, 11) is 0. The van der Waals surface area contributed by atoms with Crippen molar-refractivity contribution in [3.05, 3.63) is 71.4 Å². The van der Waals surface area contributed by atoms with E-state index >= 15 is 0 Å². The molecule has 2 saturated heterocycles. The molecule has 2 heterocycles. The predicted molar refractivity (Wildman–Crippen MR) is 112 cm³/mol. The zero-order valence-corrected chi connectivity index (χ0v) is 16.3. The molecule has 1 N–H and O–H groups in total. The number of amides is 1. The molecule has 2 aliphatic heterocycles. The first kappa shape index (κ1) is 18.7. The van der Waals surface area contributed by atoms with Crippen molar-refractivity contribution in [1.29, 1.82) is 0 Å². The molecule has 0 saturated carbocycles. The Morgan fingerprint density at radius 3 is 2.75 bits per heavy atom. The van der Waals surface area contributed by atoms with Crippen LogP contribution in [0.5, 0.6) is 5.75 Å². The maximum Gasteiger partial charge on any atom is 0.276 e. The van der Waals surface area contributed by atoms with E-state index in [9.17, 15) is 4.79 Å². The molecule has 5 nitrogen and oxygen atoms in total. The molecule has 1 atom stereocenters. The summed E-state index contributed by atoms with van der Waals surface area (Å²) in [5.41, 5.74) is 2.37. The van der Waals surface area contributed by atoms with Crippen molar-refractivity contribution in [3.8, 4) is 5.75 Å². The summed E-state index contributed by atoms with van der Waals surface area (Å²) in [6.07, 6.45) is 3.85. The molecule has 1 amide bonds. The number of ether oxygens (including phenoxy) is 2. The number of thiocarbonyl (C=S) groups is 1. The summed E-state index contributed by atoms with van der Waals surface area (Å²) in [6.45, 7) is 1.71. The van der Waals surface area contributed by atoms with Crippen molar-refractivity contribution in [2.24, 2.45) is 0 Å². The average molecular weight is 394 g/mol. The largest absolute Gasteiger partial charge is 0.488 e. The highest BCUT2D eigenvalue weighted by molar-refractivity contribution is 7.80. The van der Waals surface area contributed by atoms with Crippen molar-refractivity contribution < 1.29 is 14.3 Å². The molecular weight excluding hydrogens is 372 g/mol. The average Bonchev–Trinajstić information content (AvgIpc) is 3.32. The van der Waals surface area contributed by atoms with E-state index in [0.717, 1.165) is 36.3 Å². The molecule has 1 unspecified atom stereocenters. The minimum atomic E-state index is -0.127. The van der Waals surface area contributed by atoms with E-state index in [4.69, 9.17) is 21.7 Å². The molecule has 0 aromatic heterocycles. The number of benzene rings is 2. The second-order valence-corrected chi connectivity index (χ2v) is 7.24. The van der Waals surface area contributed by atoms with Crippen LogP contribution in [0.15, 0.2) is 60.3 Å². The smallest absolute Gasteiger partial charge is 0.276 e. The highest BCUT2D eigenvalue weighted by atomic mass is 32.1. The summed E-state index contributed by atoms with van der Waals surface area (Å²) in [6, 6.07) is 17.6. The van der Waals surface area contributed by atoms with Gasteiger partial charge < -0.3 is 14.8 Å². The molecule has 0 bridgehead atoms. The Kier molecular flexibility index (Phi) is 5.69. The molecule has 2 aromatic carbocycles. The van der Waals surface area contributed by atoms with Crippen LogP contribution in [-0.2, 0) is 16.1 Å². The molecule has 2 aromatic rings. The molecule has 4 rings (SSSR count). The lowest BCUT2D eigenvalue weighted by atomic mass is 10.1. The second-order valence-electron chi connectivity index (χ2n) is 6.85. The van der Waals surface area contributed by atoms with Gasteiger partial charge in [-0.05, 0) is 42.8 Å². The van der Waals surface area contributed by atoms with E-state index in [1.807, 2.05) is 54.6 Å². The number of hydrogen-bond acceptors (Lipinski definition) is 4. The topological polar surface area (TPSA) is 50.8 Å². The van der Waals surface area contributed by atoms with Crippen LogP contribution >= 0.6 is 12.2 Å². The number of carbonyl (C=O) groups is 1. The summed E-state index contributed by atoms with van der Waals surface area (Å²) >= 11 is 5.36. The zero-order chi connectivity index (χ0) is 19.3. The lowest BCUT2D eigenvalue weighted by Gasteiger charge is -2.18. The fraction of sp³-hybridized carbons (Fsp3) is 0.273. The van der Waals surface area contributed by atoms with Gasteiger partial charge in [-0.1, -0.05) is 48.5 Å². The van der Waals surface area contributed by atoms with Gasteiger partial charge in [0.1, 0.15) is 18.1 Å². The Morgan fingerprint density at radius 1 is 1.18 bits per heavy atom. The molecule has 144 valence electrons.